The molecule has 1 aliphatic heterocycles. The highest BCUT2D eigenvalue weighted by molar-refractivity contribution is 7.66. The van der Waals surface area contributed by atoms with E-state index in [1.54, 1.807) is 0 Å². The Morgan fingerprint density at radius 2 is 1.76 bits per heavy atom. The Labute approximate surface area is 160 Å². The lowest BCUT2D eigenvalue weighted by Gasteiger charge is -2.19. The van der Waals surface area contributed by atoms with Gasteiger partial charge in [0.25, 0.3) is 5.56 Å². The van der Waals surface area contributed by atoms with Gasteiger partial charge in [0.15, 0.2) is 6.23 Å². The number of hydrogen-bond donors (Lipinski definition) is 6. The van der Waals surface area contributed by atoms with Crippen LogP contribution in [0.3, 0.4) is 0 Å². The first kappa shape index (κ1) is 23.9. The number of H-pyrrole nitrogens is 1. The first-order valence-corrected chi connectivity index (χ1v) is 11.8. The lowest BCUT2D eigenvalue weighted by atomic mass is 10.3. The molecule has 0 bridgehead atoms. The molecule has 0 aliphatic carbocycles. The molecule has 1 aromatic heterocycles. The Hall–Kier alpha value is -1.41. The van der Waals surface area contributed by atoms with E-state index >= 15 is 0 Å². The van der Waals surface area contributed by atoms with Crippen LogP contribution in [0.4, 0.5) is 0 Å². The summed E-state index contributed by atoms with van der Waals surface area (Å²) < 4.78 is 51.0. The molecule has 2 heterocycles. The number of phosphoric acid groups is 3. The van der Waals surface area contributed by atoms with E-state index in [4.69, 9.17) is 19.4 Å². The van der Waals surface area contributed by atoms with E-state index in [1.807, 2.05) is 4.98 Å². The van der Waals surface area contributed by atoms with Gasteiger partial charge in [0, 0.05) is 17.8 Å². The summed E-state index contributed by atoms with van der Waals surface area (Å²) in [4.78, 5) is 60.5. The molecule has 2 unspecified atom stereocenters. The molecular weight excluding hydrogens is 465 g/mol. The fourth-order valence-corrected chi connectivity index (χ4v) is 5.06. The molecule has 0 amide bonds. The number of phosphoric ester groups is 1. The molecule has 1 aliphatic rings. The van der Waals surface area contributed by atoms with Crippen molar-refractivity contribution < 1.29 is 56.3 Å². The largest absolute Gasteiger partial charge is 0.510 e. The predicted molar refractivity (Wildman–Crippen MR) is 90.5 cm³/mol. The van der Waals surface area contributed by atoms with Gasteiger partial charge in [0.05, 0.1) is 6.61 Å². The molecule has 0 aromatic carbocycles. The summed E-state index contributed by atoms with van der Waals surface area (Å²) in [6.45, 7) is 0.458. The summed E-state index contributed by atoms with van der Waals surface area (Å²) in [5.41, 5.74) is -1.36. The molecule has 0 spiro atoms. The van der Waals surface area contributed by atoms with Crippen molar-refractivity contribution in [3.8, 4) is 0 Å². The van der Waals surface area contributed by atoms with Crippen molar-refractivity contribution >= 4 is 23.5 Å². The summed E-state index contributed by atoms with van der Waals surface area (Å²) in [5.74, 6) is -0.551. The van der Waals surface area contributed by atoms with Gasteiger partial charge in [-0.25, -0.2) is 18.5 Å². The zero-order chi connectivity index (χ0) is 22.2. The van der Waals surface area contributed by atoms with Gasteiger partial charge in [-0.3, -0.25) is 18.9 Å². The molecule has 16 nitrogen and oxygen atoms in total. The number of aromatic nitrogens is 2. The van der Waals surface area contributed by atoms with Crippen molar-refractivity contribution in [2.24, 2.45) is 0 Å². The average Bonchev–Trinajstić information content (AvgIpc) is 2.86. The normalized spacial score (nSPS) is 24.0. The Morgan fingerprint density at radius 1 is 1.14 bits per heavy atom. The maximum absolute atomic E-state index is 11.8. The number of aliphatic hydroxyl groups excluding tert-OH is 1. The third-order valence-electron chi connectivity index (χ3n) is 3.17. The van der Waals surface area contributed by atoms with Crippen LogP contribution < -0.4 is 11.2 Å². The summed E-state index contributed by atoms with van der Waals surface area (Å²) in [5, 5.41) is 9.84. The second-order valence-electron chi connectivity index (χ2n) is 5.47. The van der Waals surface area contributed by atoms with Crippen molar-refractivity contribution in [3.05, 3.63) is 44.4 Å². The van der Waals surface area contributed by atoms with E-state index in [-0.39, 0.29) is 5.56 Å². The lowest BCUT2D eigenvalue weighted by Crippen LogP contribution is -2.33. The molecule has 29 heavy (non-hydrogen) atoms. The second-order valence-corrected chi connectivity index (χ2v) is 9.89. The summed E-state index contributed by atoms with van der Waals surface area (Å²) >= 11 is 0. The van der Waals surface area contributed by atoms with Crippen molar-refractivity contribution in [3.63, 3.8) is 0 Å². The molecule has 2 rings (SSSR count). The molecule has 164 valence electrons. The average molecular weight is 480 g/mol. The van der Waals surface area contributed by atoms with Crippen LogP contribution in [0.25, 0.3) is 0 Å². The zero-order valence-electron chi connectivity index (χ0n) is 14.2. The van der Waals surface area contributed by atoms with E-state index in [0.29, 0.717) is 0 Å². The van der Waals surface area contributed by atoms with E-state index in [9.17, 15) is 33.3 Å². The van der Waals surface area contributed by atoms with Crippen LogP contribution in [0, 0.1) is 6.92 Å². The number of aromatic amines is 1. The fraction of sp³-hybridized carbons (Fsp3) is 0.400. The molecule has 0 radical (unpaired) electrons. The van der Waals surface area contributed by atoms with Gasteiger partial charge in [0.1, 0.15) is 11.9 Å². The number of aryl methyl sites for hydroxylation is 1. The van der Waals surface area contributed by atoms with E-state index < -0.39 is 59.4 Å². The van der Waals surface area contributed by atoms with Crippen LogP contribution in [0.1, 0.15) is 11.8 Å². The van der Waals surface area contributed by atoms with Crippen molar-refractivity contribution in [2.45, 2.75) is 19.3 Å². The summed E-state index contributed by atoms with van der Waals surface area (Å²) in [6, 6.07) is 0. The van der Waals surface area contributed by atoms with Crippen LogP contribution in [-0.4, -0.2) is 46.9 Å². The Morgan fingerprint density at radius 3 is 2.34 bits per heavy atom. The standard InChI is InChI=1S/C10H15N2O14P3/c1-5-3-12(10(15)11-9(5)14)8-2-6(13)7(24-8)4-23-28(19,20)26-29(21,22)25-27(16,17)18/h2-3,7-8,13H,4H2,1H3,(H,19,20)(H,21,22)(H,11,14,15)(H2,16,17,18)/t7-,8-/m1/s1. The Balaban J connectivity index is 2.04. The minimum absolute atomic E-state index is 0.151. The topological polar surface area (TPSA) is 244 Å². The number of nitrogens with zero attached hydrogens (tertiary/aromatic N) is 1. The van der Waals surface area contributed by atoms with Crippen LogP contribution in [0.5, 0.6) is 0 Å². The van der Waals surface area contributed by atoms with Crippen LogP contribution in [0.15, 0.2) is 27.6 Å². The van der Waals surface area contributed by atoms with Gasteiger partial charge in [0.2, 0.25) is 0 Å². The molecule has 1 aromatic rings. The molecular formula is C10H15N2O14P3. The van der Waals surface area contributed by atoms with Gasteiger partial charge in [-0.1, -0.05) is 0 Å². The molecule has 4 atom stereocenters. The predicted octanol–water partition coefficient (Wildman–Crippen LogP) is -0.472. The van der Waals surface area contributed by atoms with Crippen LogP contribution in [0.2, 0.25) is 0 Å². The van der Waals surface area contributed by atoms with Gasteiger partial charge < -0.3 is 29.4 Å². The molecule has 0 saturated carbocycles. The molecule has 0 fully saturated rings. The second kappa shape index (κ2) is 8.38. The number of ether oxygens (including phenoxy) is 1. The number of aliphatic hydroxyl groups is 1. The molecule has 0 saturated heterocycles. The number of hydrogen-bond acceptors (Lipinski definition) is 10. The maximum Gasteiger partial charge on any atom is 0.490 e. The first-order chi connectivity index (χ1) is 13.1. The Bertz CT molecular complexity index is 1070. The van der Waals surface area contributed by atoms with E-state index in [0.717, 1.165) is 16.8 Å². The highest BCUT2D eigenvalue weighted by atomic mass is 31.3. The summed E-state index contributed by atoms with van der Waals surface area (Å²) in [7, 11) is -16.6. The highest BCUT2D eigenvalue weighted by Gasteiger charge is 2.41. The van der Waals surface area contributed by atoms with Gasteiger partial charge in [-0.2, -0.15) is 8.62 Å². The van der Waals surface area contributed by atoms with Gasteiger partial charge in [-0.15, -0.1) is 0 Å². The number of rotatable bonds is 8. The first-order valence-electron chi connectivity index (χ1n) is 7.25. The fourth-order valence-electron chi connectivity index (χ4n) is 2.04. The monoisotopic (exact) mass is 480 g/mol. The summed E-state index contributed by atoms with van der Waals surface area (Å²) in [6.07, 6.45) is -0.513. The molecule has 19 heteroatoms. The van der Waals surface area contributed by atoms with Crippen LogP contribution in [-0.2, 0) is 31.6 Å². The highest BCUT2D eigenvalue weighted by Crippen LogP contribution is 2.66. The van der Waals surface area contributed by atoms with Crippen molar-refractivity contribution in [1.82, 2.24) is 9.55 Å². The minimum Gasteiger partial charge on any atom is -0.510 e. The SMILES string of the molecule is Cc1cn([C@H]2C=C(O)[C@@H](COP(=O)(O)OP(=O)(O)OP(=O)(O)O)O2)c(=O)[nH]c1=O. The quantitative estimate of drug-likeness (QED) is 0.258. The third-order valence-corrected chi connectivity index (χ3v) is 6.97. The van der Waals surface area contributed by atoms with Gasteiger partial charge in [-0.05, 0) is 6.92 Å². The molecule has 6 N–H and O–H groups in total. The van der Waals surface area contributed by atoms with Gasteiger partial charge >= 0.3 is 29.2 Å². The van der Waals surface area contributed by atoms with Crippen molar-refractivity contribution in [1.29, 1.82) is 0 Å². The Kier molecular flexibility index (Phi) is 6.89. The lowest BCUT2D eigenvalue weighted by molar-refractivity contribution is -0.0247. The third kappa shape index (κ3) is 6.81. The zero-order valence-corrected chi connectivity index (χ0v) is 16.9. The maximum atomic E-state index is 11.8. The van der Waals surface area contributed by atoms with E-state index in [1.165, 1.54) is 6.92 Å². The smallest absolute Gasteiger partial charge is 0.490 e. The van der Waals surface area contributed by atoms with Crippen LogP contribution >= 0.6 is 23.5 Å². The minimum atomic E-state index is -5.69. The van der Waals surface area contributed by atoms with E-state index in [2.05, 4.69) is 13.1 Å². The van der Waals surface area contributed by atoms with Crippen molar-refractivity contribution in [2.75, 3.05) is 6.61 Å². The number of nitrogens with one attached hydrogen (secondary N) is 1.